The number of quaternary nitrogens is 1. The molecule has 0 aliphatic heterocycles. The molecule has 0 saturated carbocycles. The minimum absolute atomic E-state index is 0.0616. The van der Waals surface area contributed by atoms with E-state index in [-0.39, 0.29) is 17.7 Å². The SMILES string of the molecule is CC(=O)NCC[NH2+][C@@H](C(=O)c1c[nH]c2ccccc12)c1ccccc1. The number of hydrogen-bond acceptors (Lipinski definition) is 2. The van der Waals surface area contributed by atoms with Crippen molar-refractivity contribution in [2.45, 2.75) is 13.0 Å². The molecule has 0 bridgehead atoms. The van der Waals surface area contributed by atoms with Crippen molar-refractivity contribution in [3.63, 3.8) is 0 Å². The maximum atomic E-state index is 13.2. The first kappa shape index (κ1) is 16.9. The second kappa shape index (κ2) is 7.77. The third kappa shape index (κ3) is 3.95. The van der Waals surface area contributed by atoms with E-state index in [2.05, 4.69) is 10.3 Å². The highest BCUT2D eigenvalue weighted by Gasteiger charge is 2.27. The van der Waals surface area contributed by atoms with Crippen LogP contribution in [0.1, 0.15) is 28.9 Å². The van der Waals surface area contributed by atoms with Crippen molar-refractivity contribution >= 4 is 22.6 Å². The number of H-pyrrole nitrogens is 1. The van der Waals surface area contributed by atoms with Gasteiger partial charge in [-0.15, -0.1) is 0 Å². The summed E-state index contributed by atoms with van der Waals surface area (Å²) in [5, 5.41) is 5.68. The smallest absolute Gasteiger partial charge is 0.226 e. The molecule has 0 unspecified atom stereocenters. The fourth-order valence-electron chi connectivity index (χ4n) is 3.00. The molecule has 0 aliphatic rings. The highest BCUT2D eigenvalue weighted by molar-refractivity contribution is 6.09. The van der Waals surface area contributed by atoms with E-state index in [4.69, 9.17) is 0 Å². The Kier molecular flexibility index (Phi) is 5.26. The number of para-hydroxylation sites is 1. The van der Waals surface area contributed by atoms with Gasteiger partial charge in [-0.3, -0.25) is 9.59 Å². The molecule has 1 atom stereocenters. The van der Waals surface area contributed by atoms with Crippen molar-refractivity contribution in [1.29, 1.82) is 0 Å². The Morgan fingerprint density at radius 3 is 2.56 bits per heavy atom. The summed E-state index contributed by atoms with van der Waals surface area (Å²) in [5.41, 5.74) is 2.61. The lowest BCUT2D eigenvalue weighted by atomic mass is 9.97. The summed E-state index contributed by atoms with van der Waals surface area (Å²) >= 11 is 0. The summed E-state index contributed by atoms with van der Waals surface area (Å²) in [6.07, 6.45) is 1.78. The first-order chi connectivity index (χ1) is 12.2. The molecule has 5 nitrogen and oxygen atoms in total. The Morgan fingerprint density at radius 2 is 1.80 bits per heavy atom. The Hall–Kier alpha value is -2.92. The highest BCUT2D eigenvalue weighted by Crippen LogP contribution is 2.22. The van der Waals surface area contributed by atoms with Crippen LogP contribution < -0.4 is 10.6 Å². The molecule has 1 aromatic heterocycles. The number of ketones is 1. The van der Waals surface area contributed by atoms with Crippen molar-refractivity contribution in [2.24, 2.45) is 0 Å². The largest absolute Gasteiger partial charge is 0.360 e. The van der Waals surface area contributed by atoms with E-state index < -0.39 is 0 Å². The molecule has 4 N–H and O–H groups in total. The molecule has 3 rings (SSSR count). The lowest BCUT2D eigenvalue weighted by Crippen LogP contribution is -2.88. The molecular formula is C20H22N3O2+. The number of nitrogens with two attached hydrogens (primary N) is 1. The molecule has 128 valence electrons. The van der Waals surface area contributed by atoms with Gasteiger partial charge < -0.3 is 15.6 Å². The molecule has 0 spiro atoms. The number of aromatic nitrogens is 1. The summed E-state index contributed by atoms with van der Waals surface area (Å²) in [7, 11) is 0. The fourth-order valence-corrected chi connectivity index (χ4v) is 3.00. The maximum absolute atomic E-state index is 13.2. The van der Waals surface area contributed by atoms with Gasteiger partial charge >= 0.3 is 0 Å². The predicted molar refractivity (Wildman–Crippen MR) is 97.3 cm³/mol. The quantitative estimate of drug-likeness (QED) is 0.454. The molecule has 0 aliphatic carbocycles. The number of benzene rings is 2. The van der Waals surface area contributed by atoms with Crippen LogP contribution in [0, 0.1) is 0 Å². The van der Waals surface area contributed by atoms with Crippen LogP contribution in [-0.2, 0) is 4.79 Å². The van der Waals surface area contributed by atoms with Gasteiger partial charge in [-0.2, -0.15) is 0 Å². The summed E-state index contributed by atoms with van der Waals surface area (Å²) in [6, 6.07) is 17.2. The zero-order chi connectivity index (χ0) is 17.6. The third-order valence-corrected chi connectivity index (χ3v) is 4.22. The summed E-state index contributed by atoms with van der Waals surface area (Å²) in [5.74, 6) is -0.000841. The molecule has 0 saturated heterocycles. The van der Waals surface area contributed by atoms with Gasteiger partial charge in [0.25, 0.3) is 0 Å². The van der Waals surface area contributed by atoms with Crippen LogP contribution in [0.25, 0.3) is 10.9 Å². The Bertz CT molecular complexity index is 871. The van der Waals surface area contributed by atoms with Crippen LogP contribution in [0.4, 0.5) is 0 Å². The Labute approximate surface area is 146 Å². The highest BCUT2D eigenvalue weighted by atomic mass is 16.1. The van der Waals surface area contributed by atoms with Crippen LogP contribution in [-0.4, -0.2) is 29.8 Å². The number of hydrogen-bond donors (Lipinski definition) is 3. The van der Waals surface area contributed by atoms with Crippen molar-refractivity contribution in [3.8, 4) is 0 Å². The average molecular weight is 336 g/mol. The van der Waals surface area contributed by atoms with Crippen LogP contribution in [0.5, 0.6) is 0 Å². The Morgan fingerprint density at radius 1 is 1.08 bits per heavy atom. The van der Waals surface area contributed by atoms with Crippen LogP contribution in [0.15, 0.2) is 60.8 Å². The minimum atomic E-state index is -0.339. The van der Waals surface area contributed by atoms with Gasteiger partial charge in [0.15, 0.2) is 6.04 Å². The van der Waals surface area contributed by atoms with Crippen molar-refractivity contribution in [3.05, 3.63) is 71.9 Å². The normalized spacial score (nSPS) is 12.0. The molecule has 1 amide bonds. The second-order valence-electron chi connectivity index (χ2n) is 6.01. The molecule has 3 aromatic rings. The number of carbonyl (C=O) groups is 2. The number of amides is 1. The van der Waals surface area contributed by atoms with E-state index in [1.54, 1.807) is 6.20 Å². The third-order valence-electron chi connectivity index (χ3n) is 4.22. The molecule has 1 heterocycles. The molecule has 2 aromatic carbocycles. The number of carbonyl (C=O) groups excluding carboxylic acids is 2. The molecule has 0 radical (unpaired) electrons. The number of fused-ring (bicyclic) bond motifs is 1. The first-order valence-electron chi connectivity index (χ1n) is 8.40. The summed E-state index contributed by atoms with van der Waals surface area (Å²) in [4.78, 5) is 27.4. The van der Waals surface area contributed by atoms with Gasteiger partial charge in [0, 0.05) is 35.2 Å². The van der Waals surface area contributed by atoms with Crippen molar-refractivity contribution in [1.82, 2.24) is 10.3 Å². The second-order valence-corrected chi connectivity index (χ2v) is 6.01. The Balaban J connectivity index is 1.85. The maximum Gasteiger partial charge on any atom is 0.226 e. The van der Waals surface area contributed by atoms with E-state index in [0.717, 1.165) is 16.5 Å². The van der Waals surface area contributed by atoms with Crippen LogP contribution in [0.3, 0.4) is 0 Å². The summed E-state index contributed by atoms with van der Waals surface area (Å²) < 4.78 is 0. The average Bonchev–Trinajstić information content (AvgIpc) is 3.06. The molecule has 25 heavy (non-hydrogen) atoms. The molecule has 0 fully saturated rings. The van der Waals surface area contributed by atoms with Crippen LogP contribution >= 0.6 is 0 Å². The molecule has 5 heteroatoms. The first-order valence-corrected chi connectivity index (χ1v) is 8.40. The van der Waals surface area contributed by atoms with Gasteiger partial charge in [0.1, 0.15) is 0 Å². The monoisotopic (exact) mass is 336 g/mol. The topological polar surface area (TPSA) is 78.6 Å². The van der Waals surface area contributed by atoms with Gasteiger partial charge in [-0.05, 0) is 6.07 Å². The number of rotatable bonds is 7. The standard InChI is InChI=1S/C20H21N3O2/c1-14(24)21-11-12-22-19(15-7-3-2-4-8-15)20(25)17-13-23-18-10-6-5-9-16(17)18/h2-10,13,19,22-23H,11-12H2,1H3,(H,21,24)/p+1/t19-/m1/s1. The van der Waals surface area contributed by atoms with Crippen molar-refractivity contribution < 1.29 is 14.9 Å². The number of Topliss-reactive ketones (excluding diaryl/α,β-unsaturated/α-hetero) is 1. The lowest BCUT2D eigenvalue weighted by molar-refractivity contribution is -0.679. The van der Waals surface area contributed by atoms with E-state index in [1.165, 1.54) is 6.92 Å². The zero-order valence-corrected chi connectivity index (χ0v) is 14.2. The molecular weight excluding hydrogens is 314 g/mol. The minimum Gasteiger partial charge on any atom is -0.360 e. The van der Waals surface area contributed by atoms with Crippen molar-refractivity contribution in [2.75, 3.05) is 13.1 Å². The zero-order valence-electron chi connectivity index (χ0n) is 14.2. The van der Waals surface area contributed by atoms with Gasteiger partial charge in [-0.25, -0.2) is 0 Å². The van der Waals surface area contributed by atoms with E-state index in [1.807, 2.05) is 59.9 Å². The van der Waals surface area contributed by atoms with Gasteiger partial charge in [0.05, 0.1) is 13.1 Å². The van der Waals surface area contributed by atoms with Gasteiger partial charge in [0.2, 0.25) is 11.7 Å². The lowest BCUT2D eigenvalue weighted by Gasteiger charge is -2.15. The summed E-state index contributed by atoms with van der Waals surface area (Å²) in [6.45, 7) is 2.65. The van der Waals surface area contributed by atoms with Crippen LogP contribution in [0.2, 0.25) is 0 Å². The fraction of sp³-hybridized carbons (Fsp3) is 0.200. The number of nitrogens with one attached hydrogen (secondary N) is 2. The number of aromatic amines is 1. The van der Waals surface area contributed by atoms with E-state index in [0.29, 0.717) is 18.7 Å². The van der Waals surface area contributed by atoms with Gasteiger partial charge in [-0.1, -0.05) is 48.5 Å². The predicted octanol–water partition coefficient (Wildman–Crippen LogP) is 1.79. The van der Waals surface area contributed by atoms with E-state index >= 15 is 0 Å². The van der Waals surface area contributed by atoms with E-state index in [9.17, 15) is 9.59 Å².